The highest BCUT2D eigenvalue weighted by atomic mass is 16.5. The van der Waals surface area contributed by atoms with Crippen molar-refractivity contribution in [3.63, 3.8) is 0 Å². The van der Waals surface area contributed by atoms with Crippen LogP contribution in [0.3, 0.4) is 0 Å². The van der Waals surface area contributed by atoms with E-state index in [0.29, 0.717) is 6.61 Å². The quantitative estimate of drug-likeness (QED) is 0.580. The van der Waals surface area contributed by atoms with Gasteiger partial charge >= 0.3 is 0 Å². The summed E-state index contributed by atoms with van der Waals surface area (Å²) in [4.78, 5) is 23.1. The molecule has 1 fully saturated rings. The molecule has 0 atom stereocenters. The monoisotopic (exact) mass is 446 g/mol. The summed E-state index contributed by atoms with van der Waals surface area (Å²) in [5.41, 5.74) is 4.06. The molecule has 0 N–H and O–H groups in total. The van der Waals surface area contributed by atoms with Crippen molar-refractivity contribution in [1.29, 1.82) is 0 Å². The average Bonchev–Trinajstić information content (AvgIpc) is 2.83. The number of nitrogens with zero attached hydrogens (tertiary/aromatic N) is 4. The second-order valence-corrected chi connectivity index (χ2v) is 8.79. The van der Waals surface area contributed by atoms with E-state index in [4.69, 9.17) is 9.47 Å². The number of benzene rings is 2. The Morgan fingerprint density at radius 2 is 1.85 bits per heavy atom. The fourth-order valence-corrected chi connectivity index (χ4v) is 4.48. The smallest absolute Gasteiger partial charge is 0.264 e. The number of likely N-dealkylation sites (N-methyl/N-ethyl adjacent to an activating group) is 1. The van der Waals surface area contributed by atoms with Crippen LogP contribution in [-0.4, -0.2) is 73.7 Å². The first-order chi connectivity index (χ1) is 16.1. The Morgan fingerprint density at radius 1 is 1.03 bits per heavy atom. The number of aromatic nitrogens is 1. The molecule has 0 saturated carbocycles. The molecule has 1 aromatic heterocycles. The number of aryl methyl sites for hydroxylation is 1. The van der Waals surface area contributed by atoms with Crippen molar-refractivity contribution in [2.24, 2.45) is 0 Å². The molecule has 0 bridgehead atoms. The van der Waals surface area contributed by atoms with Gasteiger partial charge in [0.1, 0.15) is 18.1 Å². The Hall–Kier alpha value is -3.16. The van der Waals surface area contributed by atoms with Crippen LogP contribution < -0.4 is 14.4 Å². The van der Waals surface area contributed by atoms with Crippen molar-refractivity contribution in [2.45, 2.75) is 13.5 Å². The third-order valence-electron chi connectivity index (χ3n) is 6.48. The van der Waals surface area contributed by atoms with Gasteiger partial charge in [-0.15, -0.1) is 0 Å². The SMILES string of the molecule is Cc1ccc2c(OCCN3CCN(Cc4ccc5c(c4)N(C)C(=O)CO5)CC3)cccc2n1. The van der Waals surface area contributed by atoms with E-state index >= 15 is 0 Å². The summed E-state index contributed by atoms with van der Waals surface area (Å²) in [6, 6.07) is 16.3. The summed E-state index contributed by atoms with van der Waals surface area (Å²) < 4.78 is 11.7. The minimum atomic E-state index is -0.00893. The van der Waals surface area contributed by atoms with Gasteiger partial charge in [-0.3, -0.25) is 19.6 Å². The number of carbonyl (C=O) groups is 1. The number of hydrogen-bond donors (Lipinski definition) is 0. The summed E-state index contributed by atoms with van der Waals surface area (Å²) in [6.07, 6.45) is 0. The van der Waals surface area contributed by atoms with Crippen LogP contribution in [0.2, 0.25) is 0 Å². The van der Waals surface area contributed by atoms with Crippen molar-refractivity contribution in [1.82, 2.24) is 14.8 Å². The second kappa shape index (κ2) is 9.37. The summed E-state index contributed by atoms with van der Waals surface area (Å²) in [6.45, 7) is 8.64. The van der Waals surface area contributed by atoms with Crippen LogP contribution in [0.1, 0.15) is 11.3 Å². The zero-order valence-electron chi connectivity index (χ0n) is 19.3. The van der Waals surface area contributed by atoms with Crippen molar-refractivity contribution in [3.05, 3.63) is 59.8 Å². The fourth-order valence-electron chi connectivity index (χ4n) is 4.48. The van der Waals surface area contributed by atoms with Gasteiger partial charge in [0.25, 0.3) is 5.91 Å². The number of anilines is 1. The molecule has 7 heteroatoms. The first-order valence-electron chi connectivity index (χ1n) is 11.5. The summed E-state index contributed by atoms with van der Waals surface area (Å²) >= 11 is 0. The molecular weight excluding hydrogens is 416 g/mol. The van der Waals surface area contributed by atoms with Gasteiger partial charge < -0.3 is 14.4 Å². The normalized spacial score (nSPS) is 17.2. The van der Waals surface area contributed by atoms with Crippen LogP contribution in [0.4, 0.5) is 5.69 Å². The molecule has 5 rings (SSSR count). The van der Waals surface area contributed by atoms with Crippen molar-refractivity contribution in [3.8, 4) is 11.5 Å². The molecule has 2 aliphatic rings. The van der Waals surface area contributed by atoms with E-state index in [1.54, 1.807) is 4.90 Å². The van der Waals surface area contributed by atoms with Gasteiger partial charge in [-0.05, 0) is 48.9 Å². The predicted molar refractivity (Wildman–Crippen MR) is 129 cm³/mol. The number of hydrogen-bond acceptors (Lipinski definition) is 6. The predicted octanol–water partition coefficient (Wildman–Crippen LogP) is 3.10. The highest BCUT2D eigenvalue weighted by molar-refractivity contribution is 5.97. The molecule has 0 spiro atoms. The van der Waals surface area contributed by atoms with Crippen LogP contribution in [0.15, 0.2) is 48.5 Å². The number of piperazine rings is 1. The lowest BCUT2D eigenvalue weighted by Crippen LogP contribution is -2.47. The molecule has 0 radical (unpaired) electrons. The maximum absolute atomic E-state index is 11.9. The number of pyridine rings is 1. The molecule has 3 aromatic rings. The highest BCUT2D eigenvalue weighted by Gasteiger charge is 2.23. The zero-order valence-corrected chi connectivity index (χ0v) is 19.3. The number of fused-ring (bicyclic) bond motifs is 2. The Balaban J connectivity index is 1.11. The van der Waals surface area contributed by atoms with Gasteiger partial charge in [0, 0.05) is 57.4 Å². The lowest BCUT2D eigenvalue weighted by Gasteiger charge is -2.35. The largest absolute Gasteiger partial charge is 0.492 e. The molecule has 33 heavy (non-hydrogen) atoms. The van der Waals surface area contributed by atoms with Crippen LogP contribution in [0, 0.1) is 6.92 Å². The third kappa shape index (κ3) is 4.79. The fraction of sp³-hybridized carbons (Fsp3) is 0.385. The average molecular weight is 447 g/mol. The molecule has 2 aromatic carbocycles. The second-order valence-electron chi connectivity index (χ2n) is 8.79. The molecule has 3 heterocycles. The number of carbonyl (C=O) groups excluding carboxylic acids is 1. The molecular formula is C26H30N4O3. The van der Waals surface area contributed by atoms with Crippen LogP contribution in [0.25, 0.3) is 10.9 Å². The summed E-state index contributed by atoms with van der Waals surface area (Å²) in [5.74, 6) is 1.67. The van der Waals surface area contributed by atoms with E-state index in [-0.39, 0.29) is 12.5 Å². The molecule has 0 unspecified atom stereocenters. The lowest BCUT2D eigenvalue weighted by atomic mass is 10.1. The summed E-state index contributed by atoms with van der Waals surface area (Å²) in [7, 11) is 1.81. The number of rotatable bonds is 6. The first kappa shape index (κ1) is 21.7. The molecule has 0 aliphatic carbocycles. The Labute approximate surface area is 194 Å². The van der Waals surface area contributed by atoms with Crippen molar-refractivity contribution in [2.75, 3.05) is 57.9 Å². The van der Waals surface area contributed by atoms with Gasteiger partial charge in [0.2, 0.25) is 0 Å². The van der Waals surface area contributed by atoms with Crippen molar-refractivity contribution >= 4 is 22.5 Å². The minimum absolute atomic E-state index is 0.00893. The Bertz CT molecular complexity index is 1160. The minimum Gasteiger partial charge on any atom is -0.492 e. The van der Waals surface area contributed by atoms with Gasteiger partial charge in [-0.1, -0.05) is 12.1 Å². The molecule has 1 saturated heterocycles. The van der Waals surface area contributed by atoms with E-state index < -0.39 is 0 Å². The highest BCUT2D eigenvalue weighted by Crippen LogP contribution is 2.32. The van der Waals surface area contributed by atoms with Gasteiger partial charge in [0.05, 0.1) is 11.2 Å². The number of amides is 1. The van der Waals surface area contributed by atoms with Gasteiger partial charge in [-0.2, -0.15) is 0 Å². The van der Waals surface area contributed by atoms with Gasteiger partial charge in [-0.25, -0.2) is 0 Å². The zero-order chi connectivity index (χ0) is 22.8. The van der Waals surface area contributed by atoms with Crippen LogP contribution >= 0.6 is 0 Å². The van der Waals surface area contributed by atoms with E-state index in [9.17, 15) is 4.79 Å². The molecule has 7 nitrogen and oxygen atoms in total. The van der Waals surface area contributed by atoms with E-state index in [1.165, 1.54) is 5.56 Å². The van der Waals surface area contributed by atoms with Crippen LogP contribution in [-0.2, 0) is 11.3 Å². The van der Waals surface area contributed by atoms with E-state index in [2.05, 4.69) is 33.0 Å². The maximum Gasteiger partial charge on any atom is 0.264 e. The molecule has 172 valence electrons. The topological polar surface area (TPSA) is 58.1 Å². The van der Waals surface area contributed by atoms with Crippen molar-refractivity contribution < 1.29 is 14.3 Å². The standard InChI is InChI=1S/C26H30N4O3/c1-19-6-8-21-22(27-19)4-3-5-24(21)32-15-14-29-10-12-30(13-11-29)17-20-7-9-25-23(16-20)28(2)26(31)18-33-25/h3-9,16H,10-15,17-18H2,1-2H3. The van der Waals surface area contributed by atoms with E-state index in [1.807, 2.05) is 44.3 Å². The maximum atomic E-state index is 11.9. The lowest BCUT2D eigenvalue weighted by molar-refractivity contribution is -0.120. The third-order valence-corrected chi connectivity index (χ3v) is 6.48. The van der Waals surface area contributed by atoms with E-state index in [0.717, 1.165) is 73.1 Å². The Morgan fingerprint density at radius 3 is 2.70 bits per heavy atom. The van der Waals surface area contributed by atoms with Gasteiger partial charge in [0.15, 0.2) is 6.61 Å². The molecule has 1 amide bonds. The first-order valence-corrected chi connectivity index (χ1v) is 11.5. The summed E-state index contributed by atoms with van der Waals surface area (Å²) in [5, 5.41) is 1.07. The Kier molecular flexibility index (Phi) is 6.15. The molecule has 2 aliphatic heterocycles. The van der Waals surface area contributed by atoms with Crippen LogP contribution in [0.5, 0.6) is 11.5 Å². The number of ether oxygens (including phenoxy) is 2.